The largest absolute Gasteiger partial charge is 0.493 e. The summed E-state index contributed by atoms with van der Waals surface area (Å²) in [5.41, 5.74) is 0.741. The highest BCUT2D eigenvalue weighted by molar-refractivity contribution is 14.0. The van der Waals surface area contributed by atoms with E-state index in [0.29, 0.717) is 37.0 Å². The summed E-state index contributed by atoms with van der Waals surface area (Å²) >= 11 is 0. The number of ether oxygens (including phenoxy) is 3. The van der Waals surface area contributed by atoms with Gasteiger partial charge in [0.05, 0.1) is 13.7 Å². The molecule has 0 saturated carbocycles. The molecule has 0 aliphatic rings. The minimum Gasteiger partial charge on any atom is -0.493 e. The number of rotatable bonds is 9. The van der Waals surface area contributed by atoms with Gasteiger partial charge in [-0.05, 0) is 25.5 Å². The number of alkyl halides is 3. The molecule has 1 aromatic rings. The van der Waals surface area contributed by atoms with Gasteiger partial charge in [-0.15, -0.1) is 24.0 Å². The SMILES string of the molecule is CCOc1cc(NC(=NC)NCCCOCC(F)(F)F)ccc1OC.I. The van der Waals surface area contributed by atoms with Crippen molar-refractivity contribution in [3.8, 4) is 11.5 Å². The van der Waals surface area contributed by atoms with Gasteiger partial charge in [0.1, 0.15) is 6.61 Å². The number of benzene rings is 1. The summed E-state index contributed by atoms with van der Waals surface area (Å²) in [5.74, 6) is 1.71. The van der Waals surface area contributed by atoms with E-state index < -0.39 is 12.8 Å². The molecular formula is C16H25F3IN3O3. The Bertz CT molecular complexity index is 557. The van der Waals surface area contributed by atoms with Crippen molar-refractivity contribution in [3.05, 3.63) is 18.2 Å². The first kappa shape index (κ1) is 24.6. The molecule has 0 bridgehead atoms. The van der Waals surface area contributed by atoms with Crippen molar-refractivity contribution in [3.63, 3.8) is 0 Å². The highest BCUT2D eigenvalue weighted by Crippen LogP contribution is 2.30. The Kier molecular flexibility index (Phi) is 12.1. The van der Waals surface area contributed by atoms with Gasteiger partial charge in [0, 0.05) is 32.0 Å². The standard InChI is InChI=1S/C16H24F3N3O3.HI/c1-4-25-14-10-12(6-7-13(14)23-3)22-15(20-2)21-8-5-9-24-11-16(17,18)19;/h6-7,10H,4-5,8-9,11H2,1-3H3,(H2,20,21,22);1H. The average Bonchev–Trinajstić information content (AvgIpc) is 2.56. The second-order valence-electron chi connectivity index (χ2n) is 4.94. The van der Waals surface area contributed by atoms with E-state index in [2.05, 4.69) is 20.4 Å². The fraction of sp³-hybridized carbons (Fsp3) is 0.562. The number of hydrogen-bond donors (Lipinski definition) is 2. The summed E-state index contributed by atoms with van der Waals surface area (Å²) in [7, 11) is 3.16. The molecule has 0 fully saturated rings. The Balaban J connectivity index is 0.00000625. The number of methoxy groups -OCH3 is 1. The summed E-state index contributed by atoms with van der Waals surface area (Å²) in [6, 6.07) is 5.36. The molecule has 0 aromatic heterocycles. The first-order chi connectivity index (χ1) is 11.9. The predicted octanol–water partition coefficient (Wildman–Crippen LogP) is 3.67. The molecule has 0 heterocycles. The van der Waals surface area contributed by atoms with Crippen molar-refractivity contribution >= 4 is 35.6 Å². The van der Waals surface area contributed by atoms with Crippen molar-refractivity contribution < 1.29 is 27.4 Å². The number of anilines is 1. The van der Waals surface area contributed by atoms with E-state index in [1.165, 1.54) is 0 Å². The Morgan fingerprint density at radius 2 is 1.96 bits per heavy atom. The van der Waals surface area contributed by atoms with Crippen LogP contribution in [0.4, 0.5) is 18.9 Å². The molecule has 0 atom stereocenters. The molecule has 0 amide bonds. The van der Waals surface area contributed by atoms with Gasteiger partial charge in [0.15, 0.2) is 17.5 Å². The number of guanidine groups is 1. The molecule has 1 rings (SSSR count). The van der Waals surface area contributed by atoms with Crippen LogP contribution >= 0.6 is 24.0 Å². The maximum Gasteiger partial charge on any atom is 0.411 e. The van der Waals surface area contributed by atoms with Gasteiger partial charge < -0.3 is 24.8 Å². The summed E-state index contributed by atoms with van der Waals surface area (Å²) < 4.78 is 51.1. The van der Waals surface area contributed by atoms with E-state index in [4.69, 9.17) is 9.47 Å². The lowest BCUT2D eigenvalue weighted by Crippen LogP contribution is -2.32. The van der Waals surface area contributed by atoms with E-state index in [1.54, 1.807) is 32.4 Å². The molecule has 0 saturated heterocycles. The average molecular weight is 491 g/mol. The third-order valence-corrected chi connectivity index (χ3v) is 2.97. The number of nitrogens with one attached hydrogen (secondary N) is 2. The van der Waals surface area contributed by atoms with Crippen LogP contribution in [0.25, 0.3) is 0 Å². The summed E-state index contributed by atoms with van der Waals surface area (Å²) in [6.07, 6.45) is -3.87. The van der Waals surface area contributed by atoms with Crippen molar-refractivity contribution in [2.75, 3.05) is 45.8 Å². The molecule has 6 nitrogen and oxygen atoms in total. The van der Waals surface area contributed by atoms with Crippen LogP contribution < -0.4 is 20.1 Å². The van der Waals surface area contributed by atoms with Gasteiger partial charge in [-0.2, -0.15) is 13.2 Å². The molecule has 0 radical (unpaired) electrons. The maximum atomic E-state index is 11.9. The smallest absolute Gasteiger partial charge is 0.411 e. The van der Waals surface area contributed by atoms with Crippen LogP contribution in [0.2, 0.25) is 0 Å². The molecule has 0 spiro atoms. The lowest BCUT2D eigenvalue weighted by Gasteiger charge is -2.15. The molecule has 150 valence electrons. The first-order valence-corrected chi connectivity index (χ1v) is 7.82. The van der Waals surface area contributed by atoms with Gasteiger partial charge in [0.25, 0.3) is 0 Å². The van der Waals surface area contributed by atoms with Gasteiger partial charge in [-0.25, -0.2) is 0 Å². The van der Waals surface area contributed by atoms with E-state index in [0.717, 1.165) is 5.69 Å². The van der Waals surface area contributed by atoms with Gasteiger partial charge in [-0.1, -0.05) is 0 Å². The number of aliphatic imine (C=N–C) groups is 1. The molecule has 0 aliphatic heterocycles. The van der Waals surface area contributed by atoms with E-state index in [9.17, 15) is 13.2 Å². The van der Waals surface area contributed by atoms with E-state index in [-0.39, 0.29) is 30.6 Å². The first-order valence-electron chi connectivity index (χ1n) is 7.82. The summed E-state index contributed by atoms with van der Waals surface area (Å²) in [5, 5.41) is 6.08. The van der Waals surface area contributed by atoms with Crippen molar-refractivity contribution in [2.45, 2.75) is 19.5 Å². The highest BCUT2D eigenvalue weighted by atomic mass is 127. The number of halogens is 4. The maximum absolute atomic E-state index is 11.9. The van der Waals surface area contributed by atoms with Crippen molar-refractivity contribution in [2.24, 2.45) is 4.99 Å². The van der Waals surface area contributed by atoms with E-state index >= 15 is 0 Å². The quantitative estimate of drug-likeness (QED) is 0.239. The zero-order chi connectivity index (χ0) is 18.7. The Hall–Kier alpha value is -1.43. The van der Waals surface area contributed by atoms with E-state index in [1.807, 2.05) is 6.92 Å². The van der Waals surface area contributed by atoms with Crippen LogP contribution in [0.1, 0.15) is 13.3 Å². The fourth-order valence-corrected chi connectivity index (χ4v) is 1.91. The van der Waals surface area contributed by atoms with Crippen LogP contribution in [-0.4, -0.2) is 52.7 Å². The third kappa shape index (κ3) is 9.90. The third-order valence-electron chi connectivity index (χ3n) is 2.97. The number of hydrogen-bond acceptors (Lipinski definition) is 4. The second kappa shape index (κ2) is 12.8. The van der Waals surface area contributed by atoms with Gasteiger partial charge in [-0.3, -0.25) is 4.99 Å². The van der Waals surface area contributed by atoms with Crippen molar-refractivity contribution in [1.82, 2.24) is 5.32 Å². The topological polar surface area (TPSA) is 64.1 Å². The van der Waals surface area contributed by atoms with Crippen LogP contribution in [0, 0.1) is 0 Å². The van der Waals surface area contributed by atoms with Gasteiger partial charge in [0.2, 0.25) is 0 Å². The second-order valence-corrected chi connectivity index (χ2v) is 4.94. The predicted molar refractivity (Wildman–Crippen MR) is 106 cm³/mol. The normalized spacial score (nSPS) is 11.5. The zero-order valence-electron chi connectivity index (χ0n) is 15.0. The van der Waals surface area contributed by atoms with Crippen LogP contribution in [0.3, 0.4) is 0 Å². The summed E-state index contributed by atoms with van der Waals surface area (Å²) in [4.78, 5) is 4.06. The zero-order valence-corrected chi connectivity index (χ0v) is 17.3. The Labute approximate surface area is 168 Å². The highest BCUT2D eigenvalue weighted by Gasteiger charge is 2.27. The lowest BCUT2D eigenvalue weighted by molar-refractivity contribution is -0.173. The number of nitrogens with zero attached hydrogens (tertiary/aromatic N) is 1. The molecule has 1 aromatic carbocycles. The Morgan fingerprint density at radius 3 is 2.54 bits per heavy atom. The molecule has 0 unspecified atom stereocenters. The van der Waals surface area contributed by atoms with Gasteiger partial charge >= 0.3 is 6.18 Å². The van der Waals surface area contributed by atoms with Crippen molar-refractivity contribution in [1.29, 1.82) is 0 Å². The Morgan fingerprint density at radius 1 is 1.23 bits per heavy atom. The minimum atomic E-state index is -4.29. The fourth-order valence-electron chi connectivity index (χ4n) is 1.91. The molecule has 26 heavy (non-hydrogen) atoms. The molecule has 2 N–H and O–H groups in total. The minimum absolute atomic E-state index is 0. The molecule has 0 aliphatic carbocycles. The lowest BCUT2D eigenvalue weighted by atomic mass is 10.2. The van der Waals surface area contributed by atoms with Crippen LogP contribution in [0.15, 0.2) is 23.2 Å². The molecule has 10 heteroatoms. The van der Waals surface area contributed by atoms with Crippen LogP contribution in [0.5, 0.6) is 11.5 Å². The molecular weight excluding hydrogens is 466 g/mol. The monoisotopic (exact) mass is 491 g/mol. The van der Waals surface area contributed by atoms with Crippen LogP contribution in [-0.2, 0) is 4.74 Å². The summed E-state index contributed by atoms with van der Waals surface area (Å²) in [6.45, 7) is 1.59.